The van der Waals surface area contributed by atoms with Gasteiger partial charge in [0.15, 0.2) is 5.82 Å². The van der Waals surface area contributed by atoms with Crippen LogP contribution in [0.1, 0.15) is 22.8 Å². The third-order valence-electron chi connectivity index (χ3n) is 2.97. The fourth-order valence-electron chi connectivity index (χ4n) is 1.95. The standard InChI is InChI=1S/C14H17ClN4O2/c1-3-17-13-11(14(20)21-2)12(16)19(18-13)8-9-4-6-10(15)7-5-9/h4-7H,3,8,16H2,1-2H3,(H,17,18). The van der Waals surface area contributed by atoms with E-state index in [9.17, 15) is 4.79 Å². The number of carbonyl (C=O) groups excluding carboxylic acids is 1. The molecule has 1 heterocycles. The van der Waals surface area contributed by atoms with E-state index in [1.807, 2.05) is 19.1 Å². The molecule has 2 aromatic rings. The molecule has 1 aromatic carbocycles. The number of nitrogen functional groups attached to an aromatic ring is 1. The summed E-state index contributed by atoms with van der Waals surface area (Å²) in [6, 6.07) is 7.36. The second kappa shape index (κ2) is 6.49. The van der Waals surface area contributed by atoms with Gasteiger partial charge < -0.3 is 15.8 Å². The summed E-state index contributed by atoms with van der Waals surface area (Å²) >= 11 is 5.86. The number of aromatic nitrogens is 2. The number of nitrogens with one attached hydrogen (secondary N) is 1. The van der Waals surface area contributed by atoms with Crippen molar-refractivity contribution in [1.29, 1.82) is 0 Å². The first-order valence-electron chi connectivity index (χ1n) is 6.49. The van der Waals surface area contributed by atoms with Crippen molar-refractivity contribution in [2.24, 2.45) is 0 Å². The smallest absolute Gasteiger partial charge is 0.345 e. The zero-order chi connectivity index (χ0) is 15.4. The van der Waals surface area contributed by atoms with Crippen molar-refractivity contribution in [3.63, 3.8) is 0 Å². The number of benzene rings is 1. The van der Waals surface area contributed by atoms with Gasteiger partial charge in [0.25, 0.3) is 0 Å². The monoisotopic (exact) mass is 308 g/mol. The molecule has 0 aliphatic rings. The molecule has 0 spiro atoms. The molecule has 0 aliphatic carbocycles. The van der Waals surface area contributed by atoms with Gasteiger partial charge in [0, 0.05) is 11.6 Å². The lowest BCUT2D eigenvalue weighted by Crippen LogP contribution is -2.10. The fourth-order valence-corrected chi connectivity index (χ4v) is 2.08. The largest absolute Gasteiger partial charge is 0.465 e. The van der Waals surface area contributed by atoms with Crippen molar-refractivity contribution in [2.75, 3.05) is 24.7 Å². The van der Waals surface area contributed by atoms with Crippen LogP contribution in [-0.2, 0) is 11.3 Å². The Kier molecular flexibility index (Phi) is 4.70. The van der Waals surface area contributed by atoms with Crippen molar-refractivity contribution in [3.05, 3.63) is 40.4 Å². The molecule has 21 heavy (non-hydrogen) atoms. The summed E-state index contributed by atoms with van der Waals surface area (Å²) in [5, 5.41) is 8.01. The number of rotatable bonds is 5. The normalized spacial score (nSPS) is 10.4. The molecule has 2 rings (SSSR count). The highest BCUT2D eigenvalue weighted by molar-refractivity contribution is 6.30. The molecular formula is C14H17ClN4O2. The average molecular weight is 309 g/mol. The second-order valence-electron chi connectivity index (χ2n) is 4.41. The van der Waals surface area contributed by atoms with E-state index in [4.69, 9.17) is 22.1 Å². The Hall–Kier alpha value is -2.21. The third-order valence-corrected chi connectivity index (χ3v) is 3.22. The summed E-state index contributed by atoms with van der Waals surface area (Å²) in [6.45, 7) is 2.98. The van der Waals surface area contributed by atoms with Crippen molar-refractivity contribution in [1.82, 2.24) is 9.78 Å². The third kappa shape index (κ3) is 3.28. The van der Waals surface area contributed by atoms with Gasteiger partial charge in [-0.2, -0.15) is 5.10 Å². The van der Waals surface area contributed by atoms with E-state index in [1.165, 1.54) is 7.11 Å². The highest BCUT2D eigenvalue weighted by Crippen LogP contribution is 2.23. The molecule has 0 saturated heterocycles. The van der Waals surface area contributed by atoms with E-state index in [-0.39, 0.29) is 11.4 Å². The minimum Gasteiger partial charge on any atom is -0.465 e. The van der Waals surface area contributed by atoms with Crippen LogP contribution in [0.5, 0.6) is 0 Å². The van der Waals surface area contributed by atoms with E-state index in [0.29, 0.717) is 23.9 Å². The molecular weight excluding hydrogens is 292 g/mol. The Morgan fingerprint density at radius 2 is 2.10 bits per heavy atom. The van der Waals surface area contributed by atoms with Gasteiger partial charge >= 0.3 is 5.97 Å². The number of nitrogens with two attached hydrogens (primary N) is 1. The topological polar surface area (TPSA) is 82.2 Å². The molecule has 0 aliphatic heterocycles. The lowest BCUT2D eigenvalue weighted by atomic mass is 10.2. The number of anilines is 2. The van der Waals surface area contributed by atoms with Gasteiger partial charge in [0.2, 0.25) is 0 Å². The summed E-state index contributed by atoms with van der Waals surface area (Å²) in [7, 11) is 1.31. The maximum absolute atomic E-state index is 11.8. The van der Waals surface area contributed by atoms with E-state index in [1.54, 1.807) is 16.8 Å². The number of hydrogen-bond acceptors (Lipinski definition) is 5. The molecule has 0 radical (unpaired) electrons. The molecule has 7 heteroatoms. The molecule has 0 saturated carbocycles. The quantitative estimate of drug-likeness (QED) is 0.829. The lowest BCUT2D eigenvalue weighted by Gasteiger charge is -2.05. The predicted octanol–water partition coefficient (Wildman–Crippen LogP) is 2.39. The predicted molar refractivity (Wildman–Crippen MR) is 82.7 cm³/mol. The minimum atomic E-state index is -0.509. The zero-order valence-electron chi connectivity index (χ0n) is 11.9. The molecule has 0 unspecified atom stereocenters. The maximum Gasteiger partial charge on any atom is 0.345 e. The van der Waals surface area contributed by atoms with E-state index in [0.717, 1.165) is 5.56 Å². The minimum absolute atomic E-state index is 0.258. The Bertz CT molecular complexity index is 637. The first kappa shape index (κ1) is 15.2. The van der Waals surface area contributed by atoms with Crippen molar-refractivity contribution in [2.45, 2.75) is 13.5 Å². The molecule has 1 aromatic heterocycles. The molecule has 0 amide bonds. The molecule has 112 valence electrons. The molecule has 3 N–H and O–H groups in total. The van der Waals surface area contributed by atoms with Crippen LogP contribution in [0.4, 0.5) is 11.6 Å². The van der Waals surface area contributed by atoms with Crippen LogP contribution in [0.25, 0.3) is 0 Å². The Morgan fingerprint density at radius 1 is 1.43 bits per heavy atom. The second-order valence-corrected chi connectivity index (χ2v) is 4.85. The van der Waals surface area contributed by atoms with Crippen molar-refractivity contribution < 1.29 is 9.53 Å². The van der Waals surface area contributed by atoms with Gasteiger partial charge in [0.05, 0.1) is 13.7 Å². The van der Waals surface area contributed by atoms with Crippen molar-refractivity contribution in [3.8, 4) is 0 Å². The van der Waals surface area contributed by atoms with Crippen LogP contribution in [0, 0.1) is 0 Å². The fraction of sp³-hybridized carbons (Fsp3) is 0.286. The number of hydrogen-bond donors (Lipinski definition) is 2. The molecule has 0 bridgehead atoms. The number of esters is 1. The van der Waals surface area contributed by atoms with E-state index >= 15 is 0 Å². The highest BCUT2D eigenvalue weighted by Gasteiger charge is 2.22. The van der Waals surface area contributed by atoms with Crippen LogP contribution in [0.3, 0.4) is 0 Å². The van der Waals surface area contributed by atoms with Gasteiger partial charge in [-0.05, 0) is 24.6 Å². The molecule has 6 nitrogen and oxygen atoms in total. The molecule has 0 fully saturated rings. The number of ether oxygens (including phenoxy) is 1. The number of nitrogens with zero attached hydrogens (tertiary/aromatic N) is 2. The van der Waals surface area contributed by atoms with Gasteiger partial charge in [-0.3, -0.25) is 0 Å². The summed E-state index contributed by atoms with van der Waals surface area (Å²) in [4.78, 5) is 11.8. The summed E-state index contributed by atoms with van der Waals surface area (Å²) in [5.74, 6) is 0.189. The van der Waals surface area contributed by atoms with Gasteiger partial charge in [-0.25, -0.2) is 9.48 Å². The van der Waals surface area contributed by atoms with Crippen LogP contribution in [-0.4, -0.2) is 29.4 Å². The SMILES string of the molecule is CCNc1nn(Cc2ccc(Cl)cc2)c(N)c1C(=O)OC. The summed E-state index contributed by atoms with van der Waals surface area (Å²) in [5.41, 5.74) is 7.26. The Labute approximate surface area is 127 Å². The Balaban J connectivity index is 2.35. The van der Waals surface area contributed by atoms with Gasteiger partial charge in [-0.15, -0.1) is 0 Å². The van der Waals surface area contributed by atoms with Gasteiger partial charge in [0.1, 0.15) is 11.4 Å². The first-order chi connectivity index (χ1) is 10.1. The van der Waals surface area contributed by atoms with Crippen LogP contribution in [0.15, 0.2) is 24.3 Å². The average Bonchev–Trinajstić information content (AvgIpc) is 2.77. The Morgan fingerprint density at radius 3 is 2.67 bits per heavy atom. The number of halogens is 1. The van der Waals surface area contributed by atoms with Crippen LogP contribution < -0.4 is 11.1 Å². The number of methoxy groups -OCH3 is 1. The summed E-state index contributed by atoms with van der Waals surface area (Å²) in [6.07, 6.45) is 0. The maximum atomic E-state index is 11.8. The van der Waals surface area contributed by atoms with E-state index < -0.39 is 5.97 Å². The summed E-state index contributed by atoms with van der Waals surface area (Å²) < 4.78 is 6.32. The van der Waals surface area contributed by atoms with Gasteiger partial charge in [-0.1, -0.05) is 23.7 Å². The van der Waals surface area contributed by atoms with Crippen LogP contribution in [0.2, 0.25) is 5.02 Å². The highest BCUT2D eigenvalue weighted by atomic mass is 35.5. The molecule has 0 atom stereocenters. The first-order valence-corrected chi connectivity index (χ1v) is 6.87. The van der Waals surface area contributed by atoms with E-state index in [2.05, 4.69) is 10.4 Å². The zero-order valence-corrected chi connectivity index (χ0v) is 12.6. The lowest BCUT2D eigenvalue weighted by molar-refractivity contribution is 0.0603. The van der Waals surface area contributed by atoms with Crippen LogP contribution >= 0.6 is 11.6 Å². The van der Waals surface area contributed by atoms with Crippen molar-refractivity contribution >= 4 is 29.2 Å². The number of carbonyl (C=O) groups is 1.